The standard InChI is InChI=1S/C25H19N7O2/c33-23(25-21-7-6-18(9-22(21)29-30-25)19-12-26-27-13-19)8-16-11-28-32(14-16)15-20-10-24(34-31-20)17-4-2-1-3-5-17/h1-7,9-14H,8,15H2,(H,26,27)(H,29,30). The van der Waals surface area contributed by atoms with E-state index >= 15 is 0 Å². The highest BCUT2D eigenvalue weighted by atomic mass is 16.5. The fourth-order valence-electron chi connectivity index (χ4n) is 3.96. The second-order valence-electron chi connectivity index (χ2n) is 8.01. The van der Waals surface area contributed by atoms with E-state index in [4.69, 9.17) is 4.52 Å². The van der Waals surface area contributed by atoms with Gasteiger partial charge < -0.3 is 4.52 Å². The molecule has 4 heterocycles. The van der Waals surface area contributed by atoms with Gasteiger partial charge in [-0.15, -0.1) is 0 Å². The van der Waals surface area contributed by atoms with Crippen LogP contribution in [0, 0.1) is 0 Å². The van der Waals surface area contributed by atoms with Crippen molar-refractivity contribution in [3.05, 3.63) is 96.3 Å². The van der Waals surface area contributed by atoms with Gasteiger partial charge >= 0.3 is 0 Å². The Hall–Kier alpha value is -4.79. The molecule has 2 N–H and O–H groups in total. The molecule has 9 heteroatoms. The van der Waals surface area contributed by atoms with Crippen LogP contribution in [0.5, 0.6) is 0 Å². The molecule has 0 atom stereocenters. The summed E-state index contributed by atoms with van der Waals surface area (Å²) in [4.78, 5) is 13.0. The first kappa shape index (κ1) is 19.9. The van der Waals surface area contributed by atoms with Gasteiger partial charge in [0.1, 0.15) is 11.4 Å². The van der Waals surface area contributed by atoms with Gasteiger partial charge in [0.05, 0.1) is 24.5 Å². The number of ketones is 1. The highest BCUT2D eigenvalue weighted by molar-refractivity contribution is 6.07. The Labute approximate surface area is 193 Å². The first-order valence-corrected chi connectivity index (χ1v) is 10.8. The molecule has 0 unspecified atom stereocenters. The lowest BCUT2D eigenvalue weighted by atomic mass is 10.0. The molecule has 0 radical (unpaired) electrons. The number of H-pyrrole nitrogens is 2. The Morgan fingerprint density at radius 1 is 1.00 bits per heavy atom. The summed E-state index contributed by atoms with van der Waals surface area (Å²) in [5.74, 6) is 0.633. The van der Waals surface area contributed by atoms with Crippen molar-refractivity contribution in [2.75, 3.05) is 0 Å². The fraction of sp³-hybridized carbons (Fsp3) is 0.0800. The molecular weight excluding hydrogens is 430 g/mol. The van der Waals surface area contributed by atoms with Crippen molar-refractivity contribution in [3.63, 3.8) is 0 Å². The van der Waals surface area contributed by atoms with E-state index in [9.17, 15) is 4.79 Å². The third-order valence-corrected chi connectivity index (χ3v) is 5.65. The summed E-state index contributed by atoms with van der Waals surface area (Å²) in [5, 5.41) is 23.3. The normalized spacial score (nSPS) is 11.3. The Balaban J connectivity index is 1.15. The summed E-state index contributed by atoms with van der Waals surface area (Å²) in [6, 6.07) is 17.5. The predicted molar refractivity (Wildman–Crippen MR) is 125 cm³/mol. The summed E-state index contributed by atoms with van der Waals surface area (Å²) < 4.78 is 7.20. The molecule has 0 bridgehead atoms. The molecule has 0 fully saturated rings. The van der Waals surface area contributed by atoms with Gasteiger partial charge in [-0.25, -0.2) is 0 Å². The number of rotatable bonds is 7. The first-order chi connectivity index (χ1) is 16.7. The van der Waals surface area contributed by atoms with E-state index in [-0.39, 0.29) is 12.2 Å². The van der Waals surface area contributed by atoms with E-state index in [1.165, 1.54) is 0 Å². The molecule has 6 aromatic rings. The smallest absolute Gasteiger partial charge is 0.188 e. The molecule has 166 valence electrons. The third kappa shape index (κ3) is 3.79. The number of carbonyl (C=O) groups excluding carboxylic acids is 1. The molecule has 0 saturated heterocycles. The lowest BCUT2D eigenvalue weighted by Crippen LogP contribution is -2.04. The minimum Gasteiger partial charge on any atom is -0.356 e. The number of benzene rings is 2. The highest BCUT2D eigenvalue weighted by Gasteiger charge is 2.17. The van der Waals surface area contributed by atoms with Gasteiger partial charge in [-0.05, 0) is 23.3 Å². The lowest BCUT2D eigenvalue weighted by Gasteiger charge is -1.99. The Morgan fingerprint density at radius 3 is 2.76 bits per heavy atom. The average Bonchev–Trinajstić information content (AvgIpc) is 3.66. The van der Waals surface area contributed by atoms with Gasteiger partial charge in [0, 0.05) is 41.4 Å². The lowest BCUT2D eigenvalue weighted by molar-refractivity contribution is 0.0989. The van der Waals surface area contributed by atoms with Crippen molar-refractivity contribution < 1.29 is 9.32 Å². The van der Waals surface area contributed by atoms with Gasteiger partial charge in [0.25, 0.3) is 0 Å². The molecule has 9 nitrogen and oxygen atoms in total. The van der Waals surface area contributed by atoms with E-state index in [1.807, 2.05) is 67.0 Å². The van der Waals surface area contributed by atoms with Crippen LogP contribution in [0.2, 0.25) is 0 Å². The maximum absolute atomic E-state index is 13.0. The van der Waals surface area contributed by atoms with Crippen LogP contribution in [0.1, 0.15) is 21.7 Å². The number of hydrogen-bond donors (Lipinski definition) is 2. The molecule has 0 aliphatic rings. The molecule has 0 spiro atoms. The fourth-order valence-corrected chi connectivity index (χ4v) is 3.96. The Kier molecular flexibility index (Phi) is 4.84. The molecule has 4 aromatic heterocycles. The van der Waals surface area contributed by atoms with Gasteiger partial charge in [-0.1, -0.05) is 41.6 Å². The van der Waals surface area contributed by atoms with Gasteiger partial charge in [-0.2, -0.15) is 15.3 Å². The second-order valence-corrected chi connectivity index (χ2v) is 8.01. The van der Waals surface area contributed by atoms with Gasteiger partial charge in [-0.3, -0.25) is 19.7 Å². The van der Waals surface area contributed by atoms with Crippen molar-refractivity contribution in [3.8, 4) is 22.5 Å². The van der Waals surface area contributed by atoms with E-state index in [2.05, 4.69) is 30.7 Å². The zero-order chi connectivity index (χ0) is 22.9. The molecule has 0 aliphatic carbocycles. The van der Waals surface area contributed by atoms with Crippen LogP contribution in [0.25, 0.3) is 33.4 Å². The van der Waals surface area contributed by atoms with Crippen molar-refractivity contribution in [2.45, 2.75) is 13.0 Å². The minimum absolute atomic E-state index is 0.0744. The topological polar surface area (TPSA) is 118 Å². The maximum Gasteiger partial charge on any atom is 0.188 e. The van der Waals surface area contributed by atoms with Crippen LogP contribution < -0.4 is 0 Å². The number of nitrogens with zero attached hydrogens (tertiary/aromatic N) is 5. The minimum atomic E-state index is -0.0744. The maximum atomic E-state index is 13.0. The summed E-state index contributed by atoms with van der Waals surface area (Å²) >= 11 is 0. The number of nitrogens with one attached hydrogen (secondary N) is 2. The van der Waals surface area contributed by atoms with Crippen molar-refractivity contribution in [1.29, 1.82) is 0 Å². The third-order valence-electron chi connectivity index (χ3n) is 5.65. The summed E-state index contributed by atoms with van der Waals surface area (Å²) in [6.45, 7) is 0.451. The molecule has 0 saturated carbocycles. The van der Waals surface area contributed by atoms with Crippen LogP contribution in [0.4, 0.5) is 0 Å². The SMILES string of the molecule is O=C(Cc1cnn(Cc2cc(-c3ccccc3)on2)c1)c1n[nH]c2cc(-c3cn[nH]c3)ccc12. The Bertz CT molecular complexity index is 1580. The summed E-state index contributed by atoms with van der Waals surface area (Å²) in [7, 11) is 0. The van der Waals surface area contributed by atoms with E-state index in [0.29, 0.717) is 18.0 Å². The van der Waals surface area contributed by atoms with Crippen LogP contribution in [0.3, 0.4) is 0 Å². The number of fused-ring (bicyclic) bond motifs is 1. The number of aromatic amines is 2. The number of carbonyl (C=O) groups is 1. The van der Waals surface area contributed by atoms with E-state index in [0.717, 1.165) is 38.9 Å². The zero-order valence-corrected chi connectivity index (χ0v) is 18.0. The zero-order valence-electron chi connectivity index (χ0n) is 18.0. The number of aromatic nitrogens is 7. The van der Waals surface area contributed by atoms with Crippen LogP contribution in [0.15, 0.2) is 83.9 Å². The molecule has 2 aromatic carbocycles. The van der Waals surface area contributed by atoms with Crippen molar-refractivity contribution >= 4 is 16.7 Å². The Morgan fingerprint density at radius 2 is 1.91 bits per heavy atom. The molecule has 0 amide bonds. The highest BCUT2D eigenvalue weighted by Crippen LogP contribution is 2.25. The molecule has 0 aliphatic heterocycles. The van der Waals surface area contributed by atoms with Crippen LogP contribution in [-0.2, 0) is 13.0 Å². The second kappa shape index (κ2) is 8.28. The largest absolute Gasteiger partial charge is 0.356 e. The van der Waals surface area contributed by atoms with Gasteiger partial charge in [0.2, 0.25) is 0 Å². The molecular formula is C25H19N7O2. The summed E-state index contributed by atoms with van der Waals surface area (Å²) in [5.41, 5.74) is 5.72. The van der Waals surface area contributed by atoms with Crippen molar-refractivity contribution in [2.24, 2.45) is 0 Å². The van der Waals surface area contributed by atoms with E-state index < -0.39 is 0 Å². The van der Waals surface area contributed by atoms with Crippen LogP contribution in [-0.4, -0.2) is 41.1 Å². The predicted octanol–water partition coefficient (Wildman–Crippen LogP) is 4.28. The van der Waals surface area contributed by atoms with Crippen LogP contribution >= 0.6 is 0 Å². The monoisotopic (exact) mass is 449 g/mol. The summed E-state index contributed by atoms with van der Waals surface area (Å²) in [6.07, 6.45) is 7.33. The molecule has 34 heavy (non-hydrogen) atoms. The van der Waals surface area contributed by atoms with E-state index in [1.54, 1.807) is 17.1 Å². The molecule has 6 rings (SSSR count). The average molecular weight is 449 g/mol. The quantitative estimate of drug-likeness (QED) is 0.351. The van der Waals surface area contributed by atoms with Gasteiger partial charge in [0.15, 0.2) is 11.5 Å². The number of hydrogen-bond acceptors (Lipinski definition) is 6. The number of Topliss-reactive ketones (excluding diaryl/α,β-unsaturated/α-hetero) is 1. The van der Waals surface area contributed by atoms with Crippen molar-refractivity contribution in [1.82, 2.24) is 35.3 Å². The first-order valence-electron chi connectivity index (χ1n) is 10.8.